The number of hydrogen-bond acceptors (Lipinski definition) is 7. The van der Waals surface area contributed by atoms with Crippen LogP contribution in [0, 0.1) is 6.92 Å². The van der Waals surface area contributed by atoms with Crippen LogP contribution in [0.2, 0.25) is 0 Å². The van der Waals surface area contributed by atoms with Gasteiger partial charge in [0.1, 0.15) is 17.2 Å². The van der Waals surface area contributed by atoms with E-state index in [0.717, 1.165) is 11.1 Å². The summed E-state index contributed by atoms with van der Waals surface area (Å²) in [5.41, 5.74) is 1.79. The van der Waals surface area contributed by atoms with Gasteiger partial charge in [-0.1, -0.05) is 18.2 Å². The molecule has 0 saturated heterocycles. The fraction of sp³-hybridized carbons (Fsp3) is 0.296. The van der Waals surface area contributed by atoms with Crippen molar-refractivity contribution in [3.05, 3.63) is 70.1 Å². The van der Waals surface area contributed by atoms with E-state index in [1.54, 1.807) is 52.3 Å². The van der Waals surface area contributed by atoms with Crippen molar-refractivity contribution in [2.45, 2.75) is 26.3 Å². The van der Waals surface area contributed by atoms with Crippen LogP contribution in [0.4, 0.5) is 10.5 Å². The van der Waals surface area contributed by atoms with Crippen molar-refractivity contribution in [2.75, 3.05) is 26.1 Å². The second-order valence-corrected chi connectivity index (χ2v) is 8.30. The third-order valence-electron chi connectivity index (χ3n) is 5.76. The first kappa shape index (κ1) is 27.1. The van der Waals surface area contributed by atoms with Crippen molar-refractivity contribution < 1.29 is 28.9 Å². The van der Waals surface area contributed by atoms with E-state index in [-0.39, 0.29) is 24.5 Å². The van der Waals surface area contributed by atoms with Crippen LogP contribution in [0.15, 0.2) is 53.5 Å². The zero-order valence-corrected chi connectivity index (χ0v) is 21.5. The predicted octanol–water partition coefficient (Wildman–Crippen LogP) is 3.90. The molecule has 0 aliphatic carbocycles. The van der Waals surface area contributed by atoms with Crippen molar-refractivity contribution in [3.8, 4) is 28.4 Å². The van der Waals surface area contributed by atoms with Gasteiger partial charge in [0.05, 0.1) is 33.3 Å². The molecule has 3 N–H and O–H groups in total. The second-order valence-electron chi connectivity index (χ2n) is 8.30. The van der Waals surface area contributed by atoms with Gasteiger partial charge in [-0.2, -0.15) is 0 Å². The molecule has 3 aromatic rings. The topological polar surface area (TPSA) is 128 Å². The molecule has 1 aromatic heterocycles. The molecule has 0 saturated carbocycles. The number of carbonyl (C=O) groups excluding carboxylic acids is 2. The third kappa shape index (κ3) is 6.40. The normalized spacial score (nSPS) is 11.4. The van der Waals surface area contributed by atoms with Crippen LogP contribution < -0.4 is 25.7 Å². The maximum absolute atomic E-state index is 12.9. The van der Waals surface area contributed by atoms with E-state index in [1.165, 1.54) is 17.8 Å². The van der Waals surface area contributed by atoms with Crippen molar-refractivity contribution in [3.63, 3.8) is 0 Å². The fourth-order valence-corrected chi connectivity index (χ4v) is 3.90. The number of urea groups is 1. The van der Waals surface area contributed by atoms with E-state index >= 15 is 0 Å². The molecule has 0 bridgehead atoms. The van der Waals surface area contributed by atoms with Crippen LogP contribution in [-0.2, 0) is 16.6 Å². The zero-order chi connectivity index (χ0) is 27.1. The summed E-state index contributed by atoms with van der Waals surface area (Å²) in [6.45, 7) is 3.49. The van der Waals surface area contributed by atoms with E-state index in [0.29, 0.717) is 22.6 Å². The van der Waals surface area contributed by atoms with Crippen molar-refractivity contribution in [1.82, 2.24) is 9.88 Å². The Balaban J connectivity index is 1.95. The number of aromatic nitrogens is 1. The van der Waals surface area contributed by atoms with Crippen molar-refractivity contribution >= 4 is 17.7 Å². The number of carbonyl (C=O) groups is 2. The highest BCUT2D eigenvalue weighted by molar-refractivity contribution is 5.91. The van der Waals surface area contributed by atoms with Crippen LogP contribution >= 0.6 is 0 Å². The average Bonchev–Trinajstić information content (AvgIpc) is 2.89. The van der Waals surface area contributed by atoms with Crippen LogP contribution in [-0.4, -0.2) is 42.5 Å². The van der Waals surface area contributed by atoms with Crippen molar-refractivity contribution in [2.24, 2.45) is 7.05 Å². The summed E-state index contributed by atoms with van der Waals surface area (Å²) < 4.78 is 17.2. The highest BCUT2D eigenvalue weighted by Crippen LogP contribution is 2.34. The number of rotatable bonds is 9. The lowest BCUT2D eigenvalue weighted by Crippen LogP contribution is -2.36. The molecule has 0 aliphatic heterocycles. The second kappa shape index (κ2) is 12.0. The Bertz CT molecular complexity index is 1350. The van der Waals surface area contributed by atoms with Gasteiger partial charge in [-0.15, -0.1) is 0 Å². The van der Waals surface area contributed by atoms with Gasteiger partial charge >= 0.3 is 12.0 Å². The molecule has 37 heavy (non-hydrogen) atoms. The van der Waals surface area contributed by atoms with E-state index in [1.807, 2.05) is 18.2 Å². The van der Waals surface area contributed by atoms with Crippen LogP contribution in [0.25, 0.3) is 11.1 Å². The molecule has 10 heteroatoms. The maximum Gasteiger partial charge on any atom is 0.319 e. The highest BCUT2D eigenvalue weighted by atomic mass is 16.5. The number of hydrogen-bond donors (Lipinski definition) is 3. The Morgan fingerprint density at radius 3 is 2.54 bits per heavy atom. The van der Waals surface area contributed by atoms with Gasteiger partial charge in [-0.3, -0.25) is 9.59 Å². The summed E-state index contributed by atoms with van der Waals surface area (Å²) in [4.78, 5) is 37.8. The van der Waals surface area contributed by atoms with Gasteiger partial charge in [0, 0.05) is 30.4 Å². The largest absolute Gasteiger partial charge is 0.505 e. The lowest BCUT2D eigenvalue weighted by molar-refractivity contribution is -0.143. The summed E-state index contributed by atoms with van der Waals surface area (Å²) in [5, 5.41) is 15.5. The van der Waals surface area contributed by atoms with Crippen molar-refractivity contribution in [1.29, 1.82) is 0 Å². The lowest BCUT2D eigenvalue weighted by atomic mass is 9.97. The number of methoxy groups -OCH3 is 2. The smallest absolute Gasteiger partial charge is 0.319 e. The quantitative estimate of drug-likeness (QED) is 0.373. The number of anilines is 1. The van der Waals surface area contributed by atoms with E-state index < -0.39 is 23.6 Å². The molecule has 10 nitrogen and oxygen atoms in total. The Morgan fingerprint density at radius 2 is 1.86 bits per heavy atom. The summed E-state index contributed by atoms with van der Waals surface area (Å²) in [5.74, 6) is 0.402. The van der Waals surface area contributed by atoms with Gasteiger partial charge in [0.25, 0.3) is 5.56 Å². The molecule has 1 heterocycles. The third-order valence-corrected chi connectivity index (χ3v) is 5.76. The first-order valence-electron chi connectivity index (χ1n) is 11.6. The molecule has 0 fully saturated rings. The minimum atomic E-state index is -0.793. The standard InChI is InChI=1S/C27H31N3O7/c1-6-37-23(31)14-21(28-27(34)29-24-25(32)16(2)15-30(3)26(24)33)18-9-7-8-17(12-18)20-11-10-19(35-4)13-22(20)36-5/h7-13,15,21,32H,6,14H2,1-5H3,(H2,28,29,34)/t21-/m0/s1. The van der Waals surface area contributed by atoms with Crippen LogP contribution in [0.1, 0.15) is 30.5 Å². The number of pyridine rings is 1. The molecule has 196 valence electrons. The van der Waals surface area contributed by atoms with Gasteiger partial charge in [-0.05, 0) is 43.2 Å². The summed E-state index contributed by atoms with van der Waals surface area (Å²) >= 11 is 0. The van der Waals surface area contributed by atoms with Crippen LogP contribution in [0.5, 0.6) is 17.2 Å². The number of nitrogens with one attached hydrogen (secondary N) is 2. The summed E-state index contributed by atoms with van der Waals surface area (Å²) in [6.07, 6.45) is 1.31. The van der Waals surface area contributed by atoms with Gasteiger partial charge in [-0.25, -0.2) is 4.79 Å². The average molecular weight is 510 g/mol. The molecule has 2 amide bonds. The zero-order valence-electron chi connectivity index (χ0n) is 21.5. The molecule has 0 unspecified atom stereocenters. The molecule has 1 atom stereocenters. The number of aromatic hydroxyl groups is 1. The molecule has 0 spiro atoms. The van der Waals surface area contributed by atoms with E-state index in [4.69, 9.17) is 14.2 Å². The molecule has 0 aliphatic rings. The number of esters is 1. The number of aryl methyl sites for hydroxylation is 2. The first-order valence-corrected chi connectivity index (χ1v) is 11.6. The number of nitrogens with zero attached hydrogens (tertiary/aromatic N) is 1. The molecule has 2 aromatic carbocycles. The molecule has 0 radical (unpaired) electrons. The lowest BCUT2D eigenvalue weighted by Gasteiger charge is -2.20. The number of amides is 2. The first-order chi connectivity index (χ1) is 17.7. The van der Waals surface area contributed by atoms with Crippen LogP contribution in [0.3, 0.4) is 0 Å². The minimum absolute atomic E-state index is 0.151. The Kier molecular flexibility index (Phi) is 8.78. The predicted molar refractivity (Wildman–Crippen MR) is 139 cm³/mol. The monoisotopic (exact) mass is 509 g/mol. The molecule has 3 rings (SSSR count). The summed E-state index contributed by atoms with van der Waals surface area (Å²) in [6, 6.07) is 11.1. The van der Waals surface area contributed by atoms with E-state index in [9.17, 15) is 19.5 Å². The highest BCUT2D eigenvalue weighted by Gasteiger charge is 2.22. The molecular formula is C27H31N3O7. The van der Waals surface area contributed by atoms with Gasteiger partial charge in [0.15, 0.2) is 5.69 Å². The summed E-state index contributed by atoms with van der Waals surface area (Å²) in [7, 11) is 4.64. The fourth-order valence-electron chi connectivity index (χ4n) is 3.90. The number of ether oxygens (including phenoxy) is 3. The van der Waals surface area contributed by atoms with E-state index in [2.05, 4.69) is 10.6 Å². The number of benzene rings is 2. The maximum atomic E-state index is 12.9. The minimum Gasteiger partial charge on any atom is -0.505 e. The van der Waals surface area contributed by atoms with Gasteiger partial charge < -0.3 is 34.5 Å². The molecular weight excluding hydrogens is 478 g/mol. The van der Waals surface area contributed by atoms with Gasteiger partial charge in [0.2, 0.25) is 0 Å². The Labute approximate surface area is 214 Å². The Hall–Kier alpha value is -4.47. The Morgan fingerprint density at radius 1 is 1.11 bits per heavy atom. The SMILES string of the molecule is CCOC(=O)C[C@H](NC(=O)Nc1c(O)c(C)cn(C)c1=O)c1cccc(-c2ccc(OC)cc2OC)c1.